The molecule has 0 radical (unpaired) electrons. The first kappa shape index (κ1) is 10.4. The Kier molecular flexibility index (Phi) is 3.79. The highest BCUT2D eigenvalue weighted by atomic mass is 15.2. The number of rotatable bonds is 4. The summed E-state index contributed by atoms with van der Waals surface area (Å²) in [6.07, 6.45) is 4.30. The highest BCUT2D eigenvalue weighted by Gasteiger charge is 2.22. The smallest absolute Gasteiger partial charge is 0.0110 e. The van der Waals surface area contributed by atoms with E-state index in [2.05, 4.69) is 22.2 Å². The summed E-state index contributed by atoms with van der Waals surface area (Å²) in [6.45, 7) is 7.33. The quantitative estimate of drug-likeness (QED) is 0.703. The molecule has 0 bridgehead atoms. The van der Waals surface area contributed by atoms with Gasteiger partial charge in [-0.15, -0.1) is 0 Å². The average molecular weight is 197 g/mol. The summed E-state index contributed by atoms with van der Waals surface area (Å²) in [4.78, 5) is 5.12. The van der Waals surface area contributed by atoms with Gasteiger partial charge in [-0.3, -0.25) is 4.90 Å². The molecule has 0 atom stereocenters. The standard InChI is InChI=1S/C11H23N3/c1-13(11-3-2-4-11)9-10-14-7-5-12-6-8-14/h11-12H,2-10H2,1H3. The molecule has 14 heavy (non-hydrogen) atoms. The van der Waals surface area contributed by atoms with Gasteiger partial charge in [0.15, 0.2) is 0 Å². The lowest BCUT2D eigenvalue weighted by Crippen LogP contribution is -2.47. The van der Waals surface area contributed by atoms with E-state index in [-0.39, 0.29) is 0 Å². The SMILES string of the molecule is CN(CCN1CCNCC1)C1CCC1. The van der Waals surface area contributed by atoms with E-state index in [1.54, 1.807) is 0 Å². The number of hydrogen-bond acceptors (Lipinski definition) is 3. The van der Waals surface area contributed by atoms with Gasteiger partial charge in [-0.05, 0) is 19.9 Å². The second-order valence-corrected chi connectivity index (χ2v) is 4.66. The van der Waals surface area contributed by atoms with Gasteiger partial charge in [0, 0.05) is 45.3 Å². The third-order valence-corrected chi connectivity index (χ3v) is 3.68. The van der Waals surface area contributed by atoms with E-state index in [9.17, 15) is 0 Å². The lowest BCUT2D eigenvalue weighted by molar-refractivity contribution is 0.132. The molecule has 3 nitrogen and oxygen atoms in total. The molecular weight excluding hydrogens is 174 g/mol. The lowest BCUT2D eigenvalue weighted by Gasteiger charge is -2.36. The molecule has 82 valence electrons. The summed E-state index contributed by atoms with van der Waals surface area (Å²) in [7, 11) is 2.28. The Morgan fingerprint density at radius 3 is 2.57 bits per heavy atom. The number of likely N-dealkylation sites (N-methyl/N-ethyl adjacent to an activating group) is 1. The van der Waals surface area contributed by atoms with E-state index in [0.717, 1.165) is 6.04 Å². The van der Waals surface area contributed by atoms with Gasteiger partial charge in [-0.25, -0.2) is 0 Å². The number of nitrogens with one attached hydrogen (secondary N) is 1. The number of hydrogen-bond donors (Lipinski definition) is 1. The molecule has 1 aliphatic carbocycles. The minimum Gasteiger partial charge on any atom is -0.314 e. The average Bonchev–Trinajstić information content (AvgIpc) is 2.14. The number of piperazine rings is 1. The molecule has 1 saturated heterocycles. The second kappa shape index (κ2) is 5.10. The van der Waals surface area contributed by atoms with Crippen molar-refractivity contribution in [1.82, 2.24) is 15.1 Å². The molecule has 1 N–H and O–H groups in total. The summed E-state index contributed by atoms with van der Waals surface area (Å²) >= 11 is 0. The maximum atomic E-state index is 3.39. The van der Waals surface area contributed by atoms with Crippen LogP contribution in [0.2, 0.25) is 0 Å². The van der Waals surface area contributed by atoms with Crippen molar-refractivity contribution in [3.8, 4) is 0 Å². The van der Waals surface area contributed by atoms with E-state index in [0.29, 0.717) is 0 Å². The van der Waals surface area contributed by atoms with E-state index >= 15 is 0 Å². The molecule has 2 fully saturated rings. The molecule has 2 rings (SSSR count). The summed E-state index contributed by atoms with van der Waals surface area (Å²) in [5, 5.41) is 3.39. The van der Waals surface area contributed by atoms with Crippen LogP contribution >= 0.6 is 0 Å². The summed E-state index contributed by atoms with van der Waals surface area (Å²) < 4.78 is 0. The highest BCUT2D eigenvalue weighted by Crippen LogP contribution is 2.23. The zero-order valence-corrected chi connectivity index (χ0v) is 9.34. The molecule has 0 unspecified atom stereocenters. The predicted octanol–water partition coefficient (Wildman–Crippen LogP) is 0.376. The number of nitrogens with zero attached hydrogens (tertiary/aromatic N) is 2. The summed E-state index contributed by atoms with van der Waals surface area (Å²) in [6, 6.07) is 0.901. The van der Waals surface area contributed by atoms with Crippen molar-refractivity contribution >= 4 is 0 Å². The normalized spacial score (nSPS) is 25.3. The van der Waals surface area contributed by atoms with Gasteiger partial charge in [0.05, 0.1) is 0 Å². The van der Waals surface area contributed by atoms with Crippen molar-refractivity contribution in [3.63, 3.8) is 0 Å². The van der Waals surface area contributed by atoms with Crippen molar-refractivity contribution in [2.75, 3.05) is 46.3 Å². The Labute approximate surface area is 87.4 Å². The Balaban J connectivity index is 1.60. The molecule has 0 spiro atoms. The molecule has 3 heteroatoms. The maximum absolute atomic E-state index is 3.39. The van der Waals surface area contributed by atoms with Gasteiger partial charge in [-0.2, -0.15) is 0 Å². The Bertz CT molecular complexity index is 160. The van der Waals surface area contributed by atoms with Crippen molar-refractivity contribution in [1.29, 1.82) is 0 Å². The fourth-order valence-electron chi connectivity index (χ4n) is 2.24. The van der Waals surface area contributed by atoms with Gasteiger partial charge < -0.3 is 10.2 Å². The zero-order chi connectivity index (χ0) is 9.80. The third-order valence-electron chi connectivity index (χ3n) is 3.68. The van der Waals surface area contributed by atoms with Crippen molar-refractivity contribution < 1.29 is 0 Å². The van der Waals surface area contributed by atoms with Crippen LogP contribution in [0.1, 0.15) is 19.3 Å². The van der Waals surface area contributed by atoms with E-state index in [1.165, 1.54) is 58.5 Å². The van der Waals surface area contributed by atoms with Crippen molar-refractivity contribution in [3.05, 3.63) is 0 Å². The van der Waals surface area contributed by atoms with Gasteiger partial charge in [0.25, 0.3) is 0 Å². The monoisotopic (exact) mass is 197 g/mol. The van der Waals surface area contributed by atoms with E-state index < -0.39 is 0 Å². The Hall–Kier alpha value is -0.120. The second-order valence-electron chi connectivity index (χ2n) is 4.66. The van der Waals surface area contributed by atoms with Crippen LogP contribution in [0.3, 0.4) is 0 Å². The van der Waals surface area contributed by atoms with Crippen molar-refractivity contribution in [2.45, 2.75) is 25.3 Å². The summed E-state index contributed by atoms with van der Waals surface area (Å²) in [5.74, 6) is 0. The van der Waals surface area contributed by atoms with Gasteiger partial charge in [-0.1, -0.05) is 6.42 Å². The fourth-order valence-corrected chi connectivity index (χ4v) is 2.24. The van der Waals surface area contributed by atoms with Crippen LogP contribution in [-0.4, -0.2) is 62.2 Å². The first-order valence-corrected chi connectivity index (χ1v) is 5.99. The van der Waals surface area contributed by atoms with Crippen LogP contribution in [0.5, 0.6) is 0 Å². The van der Waals surface area contributed by atoms with Crippen LogP contribution < -0.4 is 5.32 Å². The van der Waals surface area contributed by atoms with Crippen molar-refractivity contribution in [2.24, 2.45) is 0 Å². The zero-order valence-electron chi connectivity index (χ0n) is 9.34. The largest absolute Gasteiger partial charge is 0.314 e. The topological polar surface area (TPSA) is 18.5 Å². The lowest BCUT2D eigenvalue weighted by atomic mass is 9.92. The van der Waals surface area contributed by atoms with Crippen LogP contribution in [0.25, 0.3) is 0 Å². The van der Waals surface area contributed by atoms with E-state index in [4.69, 9.17) is 0 Å². The fraction of sp³-hybridized carbons (Fsp3) is 1.00. The first-order valence-electron chi connectivity index (χ1n) is 5.99. The molecule has 1 heterocycles. The Morgan fingerprint density at radius 1 is 1.29 bits per heavy atom. The first-order chi connectivity index (χ1) is 6.86. The van der Waals surface area contributed by atoms with Crippen LogP contribution in [-0.2, 0) is 0 Å². The van der Waals surface area contributed by atoms with Crippen LogP contribution in [0.15, 0.2) is 0 Å². The minimum absolute atomic E-state index is 0.901. The molecular formula is C11H23N3. The molecule has 2 aliphatic rings. The molecule has 0 aromatic carbocycles. The minimum atomic E-state index is 0.901. The van der Waals surface area contributed by atoms with Gasteiger partial charge in [0.2, 0.25) is 0 Å². The highest BCUT2D eigenvalue weighted by molar-refractivity contribution is 4.78. The van der Waals surface area contributed by atoms with E-state index in [1.807, 2.05) is 0 Å². The van der Waals surface area contributed by atoms with Crippen LogP contribution in [0, 0.1) is 0 Å². The third kappa shape index (κ3) is 2.69. The maximum Gasteiger partial charge on any atom is 0.0110 e. The van der Waals surface area contributed by atoms with Gasteiger partial charge in [0.1, 0.15) is 0 Å². The molecule has 1 aliphatic heterocycles. The molecule has 1 saturated carbocycles. The Morgan fingerprint density at radius 2 is 2.00 bits per heavy atom. The molecule has 0 amide bonds. The van der Waals surface area contributed by atoms with Crippen LogP contribution in [0.4, 0.5) is 0 Å². The summed E-state index contributed by atoms with van der Waals surface area (Å²) in [5.41, 5.74) is 0. The predicted molar refractivity (Wildman–Crippen MR) is 59.6 cm³/mol. The molecule has 0 aromatic rings. The molecule has 0 aromatic heterocycles. The van der Waals surface area contributed by atoms with Gasteiger partial charge >= 0.3 is 0 Å².